The number of alkyl carbamates (subject to hydrolysis) is 2. The molecule has 16 heteroatoms. The molecule has 16 nitrogen and oxygen atoms in total. The summed E-state index contributed by atoms with van der Waals surface area (Å²) in [5, 5.41) is 8.41. The topological polar surface area (TPSA) is 205 Å². The van der Waals surface area contributed by atoms with Gasteiger partial charge in [0, 0.05) is 26.2 Å². The average Bonchev–Trinajstić information content (AvgIpc) is 3.37. The van der Waals surface area contributed by atoms with E-state index in [1.165, 1.54) is 15.8 Å². The molecule has 0 saturated carbocycles. The number of carbonyl (C=O) groups excluding carboxylic acids is 4. The third-order valence-corrected chi connectivity index (χ3v) is 5.94. The summed E-state index contributed by atoms with van der Waals surface area (Å²) in [6.07, 6.45) is 0.810. The molecule has 2 aromatic heterocycles. The van der Waals surface area contributed by atoms with E-state index in [2.05, 4.69) is 30.9 Å². The van der Waals surface area contributed by atoms with Crippen molar-refractivity contribution in [2.75, 3.05) is 50.4 Å². The fourth-order valence-electron chi connectivity index (χ4n) is 3.97. The molecule has 45 heavy (non-hydrogen) atoms. The van der Waals surface area contributed by atoms with E-state index in [0.717, 1.165) is 5.56 Å². The van der Waals surface area contributed by atoms with Crippen LogP contribution in [0.25, 0.3) is 11.2 Å². The van der Waals surface area contributed by atoms with Crippen molar-refractivity contribution >= 4 is 47.0 Å². The first-order valence-corrected chi connectivity index (χ1v) is 14.5. The molecule has 3 amide bonds. The number of ether oxygens (including phenoxy) is 3. The molecule has 0 aliphatic carbocycles. The van der Waals surface area contributed by atoms with Crippen LogP contribution in [0, 0.1) is 0 Å². The smallest absolute Gasteiger partial charge is 0.407 e. The van der Waals surface area contributed by atoms with Gasteiger partial charge in [0.05, 0.1) is 12.9 Å². The molecule has 0 aliphatic rings. The van der Waals surface area contributed by atoms with E-state index < -0.39 is 29.7 Å². The number of aromatic nitrogens is 4. The number of hydrogen-bond donors (Lipinski definition) is 4. The van der Waals surface area contributed by atoms with E-state index in [-0.39, 0.29) is 45.3 Å². The van der Waals surface area contributed by atoms with Crippen molar-refractivity contribution in [3.8, 4) is 0 Å². The lowest BCUT2D eigenvalue weighted by molar-refractivity contribution is -0.149. The molecule has 1 aromatic carbocycles. The monoisotopic (exact) mass is 627 g/mol. The summed E-state index contributed by atoms with van der Waals surface area (Å²) >= 11 is 0. The van der Waals surface area contributed by atoms with Gasteiger partial charge in [-0.15, -0.1) is 0 Å². The number of fused-ring (bicyclic) bond motifs is 1. The largest absolute Gasteiger partial charge is 0.465 e. The van der Waals surface area contributed by atoms with Gasteiger partial charge >= 0.3 is 18.2 Å². The van der Waals surface area contributed by atoms with Gasteiger partial charge in [0.2, 0.25) is 11.9 Å². The number of nitrogens with zero attached hydrogens (tertiary/aromatic N) is 5. The molecule has 0 saturated heterocycles. The normalized spacial score (nSPS) is 11.0. The Morgan fingerprint density at radius 3 is 2.42 bits per heavy atom. The van der Waals surface area contributed by atoms with E-state index >= 15 is 0 Å². The molecule has 3 rings (SSSR count). The van der Waals surface area contributed by atoms with Crippen LogP contribution in [0.2, 0.25) is 0 Å². The van der Waals surface area contributed by atoms with Crippen molar-refractivity contribution in [2.24, 2.45) is 0 Å². The number of nitrogen functional groups attached to an aromatic ring is 1. The van der Waals surface area contributed by atoms with Gasteiger partial charge in [-0.05, 0) is 39.7 Å². The number of anilines is 2. The van der Waals surface area contributed by atoms with Crippen LogP contribution in [0.1, 0.15) is 39.7 Å². The molecule has 0 atom stereocenters. The van der Waals surface area contributed by atoms with E-state index in [1.54, 1.807) is 27.7 Å². The number of carbonyl (C=O) groups is 4. The third-order valence-electron chi connectivity index (χ3n) is 5.94. The zero-order valence-electron chi connectivity index (χ0n) is 26.0. The molecule has 3 aromatic rings. The number of rotatable bonds is 15. The number of hydrogen-bond acceptors (Lipinski definition) is 12. The Hall–Kier alpha value is -5.15. The van der Waals surface area contributed by atoms with Crippen molar-refractivity contribution < 1.29 is 33.4 Å². The number of imidazole rings is 1. The van der Waals surface area contributed by atoms with Gasteiger partial charge in [-0.2, -0.15) is 9.97 Å². The maximum atomic E-state index is 13.3. The van der Waals surface area contributed by atoms with Crippen molar-refractivity contribution in [3.63, 3.8) is 0 Å². The molecule has 0 spiro atoms. The first kappa shape index (κ1) is 34.3. The SMILES string of the molecule is CCOC(=O)CN(CCNC(=O)OC(C)(C)C)C(=O)Cn1cnc2c(NCCCNC(=O)OCc3ccccc3)nc(N)nc21. The van der Waals surface area contributed by atoms with Crippen LogP contribution in [0.15, 0.2) is 36.7 Å². The Bertz CT molecular complexity index is 1440. The van der Waals surface area contributed by atoms with Gasteiger partial charge < -0.3 is 45.4 Å². The van der Waals surface area contributed by atoms with Crippen LogP contribution >= 0.6 is 0 Å². The first-order valence-electron chi connectivity index (χ1n) is 14.5. The maximum Gasteiger partial charge on any atom is 0.407 e. The van der Waals surface area contributed by atoms with E-state index in [4.69, 9.17) is 19.9 Å². The number of benzene rings is 1. The minimum absolute atomic E-state index is 0.0291. The standard InChI is InChI=1S/C29H41N9O7/c1-5-43-22(40)17-37(15-14-33-28(42)45-29(2,3)4)21(39)16-38-19-34-23-24(35-26(30)36-25(23)38)31-12-9-13-32-27(41)44-18-20-10-7-6-8-11-20/h6-8,10-11,19H,5,9,12-18H2,1-4H3,(H,32,41)(H,33,42)(H3,30,31,35,36). The molecule has 0 fully saturated rings. The predicted octanol–water partition coefficient (Wildman–Crippen LogP) is 2.05. The van der Waals surface area contributed by atoms with E-state index in [1.807, 2.05) is 30.3 Å². The van der Waals surface area contributed by atoms with Gasteiger partial charge in [-0.3, -0.25) is 9.59 Å². The Morgan fingerprint density at radius 1 is 0.978 bits per heavy atom. The van der Waals surface area contributed by atoms with Crippen LogP contribution in [0.5, 0.6) is 0 Å². The average molecular weight is 628 g/mol. The fraction of sp³-hybridized carbons (Fsp3) is 0.483. The van der Waals surface area contributed by atoms with Crippen molar-refractivity contribution in [2.45, 2.75) is 52.9 Å². The summed E-state index contributed by atoms with van der Waals surface area (Å²) in [6, 6.07) is 9.37. The van der Waals surface area contributed by atoms with E-state index in [0.29, 0.717) is 36.5 Å². The second-order valence-corrected chi connectivity index (χ2v) is 10.8. The van der Waals surface area contributed by atoms with Gasteiger partial charge in [0.15, 0.2) is 17.0 Å². The summed E-state index contributed by atoms with van der Waals surface area (Å²) in [5.74, 6) is -0.701. The minimum atomic E-state index is -0.683. The molecule has 0 radical (unpaired) electrons. The van der Waals surface area contributed by atoms with E-state index in [9.17, 15) is 19.2 Å². The number of esters is 1. The van der Waals surface area contributed by atoms with Crippen LogP contribution in [-0.2, 0) is 37.0 Å². The van der Waals surface area contributed by atoms with Gasteiger partial charge in [0.1, 0.15) is 25.3 Å². The summed E-state index contributed by atoms with van der Waals surface area (Å²) < 4.78 is 16.9. The van der Waals surface area contributed by atoms with Crippen molar-refractivity contribution in [3.05, 3.63) is 42.2 Å². The van der Waals surface area contributed by atoms with Crippen LogP contribution in [0.3, 0.4) is 0 Å². The highest BCUT2D eigenvalue weighted by molar-refractivity contribution is 5.87. The Labute approximate surface area is 261 Å². The van der Waals surface area contributed by atoms with Gasteiger partial charge in [0.25, 0.3) is 0 Å². The lowest BCUT2D eigenvalue weighted by atomic mass is 10.2. The maximum absolute atomic E-state index is 13.3. The molecule has 0 unspecified atom stereocenters. The summed E-state index contributed by atoms with van der Waals surface area (Å²) in [4.78, 5) is 63.6. The number of nitrogens with one attached hydrogen (secondary N) is 3. The molecule has 0 aliphatic heterocycles. The Morgan fingerprint density at radius 2 is 1.71 bits per heavy atom. The summed E-state index contributed by atoms with van der Waals surface area (Å²) in [5.41, 5.74) is 6.85. The Balaban J connectivity index is 1.56. The quantitative estimate of drug-likeness (QED) is 0.109. The number of nitrogens with two attached hydrogens (primary N) is 1. The molecule has 5 N–H and O–H groups in total. The molecular weight excluding hydrogens is 586 g/mol. The highest BCUT2D eigenvalue weighted by atomic mass is 16.6. The third kappa shape index (κ3) is 11.8. The van der Waals surface area contributed by atoms with Crippen LogP contribution < -0.4 is 21.7 Å². The van der Waals surface area contributed by atoms with Crippen LogP contribution in [-0.4, -0.2) is 93.4 Å². The second-order valence-electron chi connectivity index (χ2n) is 10.8. The molecular formula is C29H41N9O7. The first-order chi connectivity index (χ1) is 21.4. The van der Waals surface area contributed by atoms with Gasteiger partial charge in [-0.25, -0.2) is 14.6 Å². The van der Waals surface area contributed by atoms with Gasteiger partial charge in [-0.1, -0.05) is 30.3 Å². The zero-order valence-corrected chi connectivity index (χ0v) is 26.0. The summed E-state index contributed by atoms with van der Waals surface area (Å²) in [6.45, 7) is 7.54. The molecule has 2 heterocycles. The lowest BCUT2D eigenvalue weighted by Gasteiger charge is -2.23. The molecule has 0 bridgehead atoms. The van der Waals surface area contributed by atoms with Crippen LogP contribution in [0.4, 0.5) is 21.4 Å². The predicted molar refractivity (Wildman–Crippen MR) is 165 cm³/mol. The highest BCUT2D eigenvalue weighted by Gasteiger charge is 2.22. The fourth-order valence-corrected chi connectivity index (χ4v) is 3.97. The summed E-state index contributed by atoms with van der Waals surface area (Å²) in [7, 11) is 0. The second kappa shape index (κ2) is 16.6. The van der Waals surface area contributed by atoms with Crippen molar-refractivity contribution in [1.82, 2.24) is 35.1 Å². The highest BCUT2D eigenvalue weighted by Crippen LogP contribution is 2.20. The Kier molecular flexibility index (Phi) is 12.7. The minimum Gasteiger partial charge on any atom is -0.465 e. The molecule has 244 valence electrons. The lowest BCUT2D eigenvalue weighted by Crippen LogP contribution is -2.44. The van der Waals surface area contributed by atoms with Crippen molar-refractivity contribution in [1.29, 1.82) is 0 Å². The zero-order chi connectivity index (χ0) is 32.8. The number of amides is 3.